The topological polar surface area (TPSA) is 17.0 Å². The maximum absolute atomic E-state index is 3.90. The van der Waals surface area contributed by atoms with Crippen LogP contribution in [0.4, 0.5) is 0 Å². The van der Waals surface area contributed by atoms with E-state index in [-0.39, 0.29) is 5.54 Å². The number of para-hydroxylation sites is 1. The molecule has 3 heteroatoms. The average molecular weight is 312 g/mol. The van der Waals surface area contributed by atoms with Crippen LogP contribution in [0.15, 0.2) is 30.3 Å². The van der Waals surface area contributed by atoms with E-state index >= 15 is 0 Å². The molecule has 1 aromatic heterocycles. The highest BCUT2D eigenvalue weighted by atomic mass is 32.2. The maximum Gasteiger partial charge on any atom is 0.0471 e. The molecule has 1 saturated heterocycles. The molecule has 0 bridgehead atoms. The highest BCUT2D eigenvalue weighted by Gasteiger charge is 2.41. The lowest BCUT2D eigenvalue weighted by Gasteiger charge is -2.42. The lowest BCUT2D eigenvalue weighted by molar-refractivity contribution is 0.291. The van der Waals surface area contributed by atoms with E-state index < -0.39 is 0 Å². The molecule has 0 aliphatic carbocycles. The molecule has 0 amide bonds. The maximum atomic E-state index is 3.90. The van der Waals surface area contributed by atoms with Crippen molar-refractivity contribution in [3.63, 3.8) is 0 Å². The number of nitrogens with zero attached hydrogens (tertiary/aromatic N) is 1. The highest BCUT2D eigenvalue weighted by Crippen LogP contribution is 2.44. The first-order valence-electron chi connectivity index (χ1n) is 8.32. The minimum absolute atomic E-state index is 0.230. The van der Waals surface area contributed by atoms with Gasteiger partial charge in [0, 0.05) is 29.2 Å². The van der Waals surface area contributed by atoms with Crippen LogP contribution in [-0.4, -0.2) is 22.6 Å². The summed E-state index contributed by atoms with van der Waals surface area (Å²) in [5, 5.41) is 3.90. The Morgan fingerprint density at radius 1 is 1.05 bits per heavy atom. The zero-order chi connectivity index (χ0) is 15.2. The van der Waals surface area contributed by atoms with Crippen LogP contribution >= 0.6 is 11.8 Å². The molecule has 2 aliphatic heterocycles. The van der Waals surface area contributed by atoms with Crippen molar-refractivity contribution in [1.29, 1.82) is 0 Å². The quantitative estimate of drug-likeness (QED) is 0.858. The Hall–Kier alpha value is -1.19. The summed E-state index contributed by atoms with van der Waals surface area (Å²) in [5.74, 6) is 2.56. The van der Waals surface area contributed by atoms with E-state index in [0.29, 0.717) is 0 Å². The molecule has 0 atom stereocenters. The van der Waals surface area contributed by atoms with Crippen LogP contribution in [0, 0.1) is 13.8 Å². The third-order valence-electron chi connectivity index (χ3n) is 5.45. The van der Waals surface area contributed by atoms with Crippen molar-refractivity contribution < 1.29 is 0 Å². The van der Waals surface area contributed by atoms with Crippen LogP contribution in [0.3, 0.4) is 0 Å². The monoisotopic (exact) mass is 312 g/mol. The number of benzene rings is 1. The van der Waals surface area contributed by atoms with E-state index in [2.05, 4.69) is 65.8 Å². The van der Waals surface area contributed by atoms with E-state index in [0.717, 1.165) is 13.0 Å². The third-order valence-corrected chi connectivity index (χ3v) is 6.43. The van der Waals surface area contributed by atoms with Gasteiger partial charge in [-0.15, -0.1) is 0 Å². The van der Waals surface area contributed by atoms with E-state index in [4.69, 9.17) is 0 Å². The first-order valence-corrected chi connectivity index (χ1v) is 9.48. The smallest absolute Gasteiger partial charge is 0.0471 e. The lowest BCUT2D eigenvalue weighted by atomic mass is 9.78. The summed E-state index contributed by atoms with van der Waals surface area (Å²) in [5.41, 5.74) is 7.63. The second-order valence-corrected chi connectivity index (χ2v) is 7.79. The lowest BCUT2D eigenvalue weighted by Crippen LogP contribution is -2.49. The number of nitrogens with one attached hydrogen (secondary N) is 1. The van der Waals surface area contributed by atoms with Gasteiger partial charge in [-0.25, -0.2) is 0 Å². The van der Waals surface area contributed by atoms with Gasteiger partial charge in [-0.3, -0.25) is 0 Å². The number of thioether (sulfide) groups is 1. The molecule has 22 heavy (non-hydrogen) atoms. The molecule has 2 aliphatic rings. The van der Waals surface area contributed by atoms with E-state index in [1.807, 2.05) is 0 Å². The summed E-state index contributed by atoms with van der Waals surface area (Å²) < 4.78 is 2.47. The van der Waals surface area contributed by atoms with Gasteiger partial charge in [0.1, 0.15) is 0 Å². The highest BCUT2D eigenvalue weighted by molar-refractivity contribution is 7.99. The van der Waals surface area contributed by atoms with Crippen molar-refractivity contribution in [3.8, 4) is 5.69 Å². The van der Waals surface area contributed by atoms with Crippen molar-refractivity contribution in [2.24, 2.45) is 0 Å². The van der Waals surface area contributed by atoms with Crippen LogP contribution in [0.25, 0.3) is 5.69 Å². The van der Waals surface area contributed by atoms with Crippen LogP contribution in [0.1, 0.15) is 35.4 Å². The summed E-state index contributed by atoms with van der Waals surface area (Å²) in [6.07, 6.45) is 3.70. The van der Waals surface area contributed by atoms with Crippen molar-refractivity contribution in [3.05, 3.63) is 52.8 Å². The second-order valence-electron chi connectivity index (χ2n) is 6.57. The minimum atomic E-state index is 0.230. The summed E-state index contributed by atoms with van der Waals surface area (Å²) in [6, 6.07) is 10.8. The Kier molecular flexibility index (Phi) is 3.58. The first kappa shape index (κ1) is 14.4. The molecule has 3 heterocycles. The largest absolute Gasteiger partial charge is 0.318 e. The van der Waals surface area contributed by atoms with Crippen molar-refractivity contribution >= 4 is 11.8 Å². The molecule has 1 fully saturated rings. The SMILES string of the molecule is Cc1c2c(c(C)n1-c1ccccc1)C1(CCSCC1)NCC2. The fourth-order valence-electron chi connectivity index (χ4n) is 4.46. The molecule has 1 aromatic carbocycles. The molecule has 2 aromatic rings. The summed E-state index contributed by atoms with van der Waals surface area (Å²) in [6.45, 7) is 5.74. The molecular weight excluding hydrogens is 288 g/mol. The molecular formula is C19H24N2S. The van der Waals surface area contributed by atoms with Gasteiger partial charge in [0.25, 0.3) is 0 Å². The molecule has 116 valence electrons. The van der Waals surface area contributed by atoms with Gasteiger partial charge in [-0.05, 0) is 67.9 Å². The van der Waals surface area contributed by atoms with Gasteiger partial charge < -0.3 is 9.88 Å². The number of hydrogen-bond donors (Lipinski definition) is 1. The van der Waals surface area contributed by atoms with Gasteiger partial charge in [-0.2, -0.15) is 11.8 Å². The van der Waals surface area contributed by atoms with Crippen LogP contribution in [0.2, 0.25) is 0 Å². The summed E-state index contributed by atoms with van der Waals surface area (Å²) in [4.78, 5) is 0. The van der Waals surface area contributed by atoms with Crippen molar-refractivity contribution in [2.45, 2.75) is 38.6 Å². The fraction of sp³-hybridized carbons (Fsp3) is 0.474. The summed E-state index contributed by atoms with van der Waals surface area (Å²) in [7, 11) is 0. The Morgan fingerprint density at radius 2 is 1.77 bits per heavy atom. The normalized spacial score (nSPS) is 20.1. The molecule has 0 unspecified atom stereocenters. The van der Waals surface area contributed by atoms with Crippen LogP contribution in [0.5, 0.6) is 0 Å². The Balaban J connectivity index is 1.91. The van der Waals surface area contributed by atoms with Crippen molar-refractivity contribution in [1.82, 2.24) is 9.88 Å². The summed E-state index contributed by atoms with van der Waals surface area (Å²) >= 11 is 2.10. The zero-order valence-electron chi connectivity index (χ0n) is 13.5. The first-order chi connectivity index (χ1) is 10.7. The molecule has 2 nitrogen and oxygen atoms in total. The molecule has 0 radical (unpaired) electrons. The van der Waals surface area contributed by atoms with E-state index in [9.17, 15) is 0 Å². The van der Waals surface area contributed by atoms with E-state index in [1.54, 1.807) is 11.1 Å². The molecule has 1 N–H and O–H groups in total. The van der Waals surface area contributed by atoms with Gasteiger partial charge in [-0.1, -0.05) is 18.2 Å². The van der Waals surface area contributed by atoms with Gasteiger partial charge in [0.05, 0.1) is 0 Å². The van der Waals surface area contributed by atoms with E-state index in [1.165, 1.54) is 41.4 Å². The molecule has 0 saturated carbocycles. The average Bonchev–Trinajstić information content (AvgIpc) is 2.82. The Bertz CT molecular complexity index is 681. The number of fused-ring (bicyclic) bond motifs is 2. The Morgan fingerprint density at radius 3 is 2.50 bits per heavy atom. The number of rotatable bonds is 1. The van der Waals surface area contributed by atoms with Gasteiger partial charge in [0.2, 0.25) is 0 Å². The molecule has 1 spiro atoms. The van der Waals surface area contributed by atoms with Crippen molar-refractivity contribution in [2.75, 3.05) is 18.1 Å². The standard InChI is InChI=1S/C19H24N2S/c1-14-17-8-11-20-19(9-12-22-13-10-19)18(17)15(2)21(14)16-6-4-3-5-7-16/h3-7,20H,8-13H2,1-2H3. The predicted octanol–water partition coefficient (Wildman–Crippen LogP) is 3.96. The zero-order valence-corrected chi connectivity index (χ0v) is 14.3. The second kappa shape index (κ2) is 5.47. The van der Waals surface area contributed by atoms with Crippen LogP contribution < -0.4 is 5.32 Å². The third kappa shape index (κ3) is 2.06. The molecule has 4 rings (SSSR count). The minimum Gasteiger partial charge on any atom is -0.318 e. The predicted molar refractivity (Wildman–Crippen MR) is 95.2 cm³/mol. The van der Waals surface area contributed by atoms with Crippen LogP contribution in [-0.2, 0) is 12.0 Å². The fourth-order valence-corrected chi connectivity index (χ4v) is 5.65. The number of aromatic nitrogens is 1. The number of hydrogen-bond acceptors (Lipinski definition) is 2. The van der Waals surface area contributed by atoms with Gasteiger partial charge >= 0.3 is 0 Å². The Labute approximate surface area is 137 Å². The van der Waals surface area contributed by atoms with Gasteiger partial charge in [0.15, 0.2) is 0 Å².